The maximum atomic E-state index is 2.37. The van der Waals surface area contributed by atoms with Crippen LogP contribution < -0.4 is 0 Å². The monoisotopic (exact) mass is 648 g/mol. The van der Waals surface area contributed by atoms with Gasteiger partial charge in [-0.3, -0.25) is 0 Å². The van der Waals surface area contributed by atoms with Gasteiger partial charge >= 0.3 is 0 Å². The van der Waals surface area contributed by atoms with Crippen molar-refractivity contribution in [2.24, 2.45) is 0 Å². The number of hydrogen-bond acceptors (Lipinski definition) is 0. The third kappa shape index (κ3) is 4.46. The molecule has 0 aromatic heterocycles. The van der Waals surface area contributed by atoms with Crippen molar-refractivity contribution >= 4 is 32.3 Å². The van der Waals surface area contributed by atoms with E-state index in [1.54, 1.807) is 0 Å². The summed E-state index contributed by atoms with van der Waals surface area (Å²) >= 11 is 0. The molecule has 1 aliphatic rings. The maximum Gasteiger partial charge on any atom is 0.0165 e. The fourth-order valence-electron chi connectivity index (χ4n) is 9.02. The number of rotatable bonds is 4. The lowest BCUT2D eigenvalue weighted by Gasteiger charge is -2.24. The Morgan fingerprint density at radius 1 is 0.275 bits per heavy atom. The van der Waals surface area contributed by atoms with Crippen LogP contribution in [0.1, 0.15) is 25.0 Å². The second kappa shape index (κ2) is 11.4. The average molecular weight is 649 g/mol. The quantitative estimate of drug-likeness (QED) is 0.167. The second-order valence-electron chi connectivity index (χ2n) is 14.4. The Kier molecular flexibility index (Phi) is 6.63. The van der Waals surface area contributed by atoms with Gasteiger partial charge in [-0.25, -0.2) is 0 Å². The van der Waals surface area contributed by atoms with Gasteiger partial charge in [0.05, 0.1) is 0 Å². The van der Waals surface area contributed by atoms with Crippen molar-refractivity contribution in [1.29, 1.82) is 0 Å². The van der Waals surface area contributed by atoms with Crippen LogP contribution in [0, 0.1) is 0 Å². The molecule has 0 unspecified atom stereocenters. The fourth-order valence-corrected chi connectivity index (χ4v) is 9.02. The van der Waals surface area contributed by atoms with E-state index >= 15 is 0 Å². The summed E-state index contributed by atoms with van der Waals surface area (Å²) < 4.78 is 0. The summed E-state index contributed by atoms with van der Waals surface area (Å²) in [5.74, 6) is 0. The van der Waals surface area contributed by atoms with Gasteiger partial charge in [-0.1, -0.05) is 196 Å². The van der Waals surface area contributed by atoms with E-state index in [0.29, 0.717) is 0 Å². The van der Waals surface area contributed by atoms with Crippen LogP contribution in [0.15, 0.2) is 182 Å². The van der Waals surface area contributed by atoms with Gasteiger partial charge in [0.1, 0.15) is 0 Å². The van der Waals surface area contributed by atoms with Gasteiger partial charge in [0.15, 0.2) is 0 Å². The third-order valence-electron chi connectivity index (χ3n) is 11.3. The van der Waals surface area contributed by atoms with Gasteiger partial charge in [-0.15, -0.1) is 0 Å². The lowest BCUT2D eigenvalue weighted by atomic mass is 9.78. The van der Waals surface area contributed by atoms with E-state index in [0.717, 1.165) is 0 Å². The molecule has 0 bridgehead atoms. The van der Waals surface area contributed by atoms with E-state index in [1.165, 1.54) is 99.1 Å². The molecular formula is C51H36. The Balaban J connectivity index is 1.17. The molecule has 9 aromatic rings. The standard InChI is InChI=1S/C51H36/c1-51(2)47-26-13-12-19-40(47)46-25-14-24-37(50(46)51)34-27-29-35(30-28-34)48-41-20-8-10-22-43(41)49(44-23-11-9-21-42(44)48)45-32-31-36(33-15-4-3-5-16-33)38-17-6-7-18-39(38)45/h3-32H,1-2H3. The molecule has 0 heteroatoms. The van der Waals surface area contributed by atoms with E-state index in [2.05, 4.69) is 196 Å². The van der Waals surface area contributed by atoms with Crippen molar-refractivity contribution in [2.45, 2.75) is 19.3 Å². The van der Waals surface area contributed by atoms with Crippen LogP contribution >= 0.6 is 0 Å². The molecule has 0 heterocycles. The Labute approximate surface area is 299 Å². The summed E-state index contributed by atoms with van der Waals surface area (Å²) in [4.78, 5) is 0. The van der Waals surface area contributed by atoms with Crippen LogP contribution in [0.25, 0.3) is 88.0 Å². The van der Waals surface area contributed by atoms with Gasteiger partial charge in [-0.05, 0) is 99.1 Å². The normalized spacial score (nSPS) is 13.1. The maximum absolute atomic E-state index is 2.37. The lowest BCUT2D eigenvalue weighted by molar-refractivity contribution is 0.662. The molecule has 0 saturated heterocycles. The summed E-state index contributed by atoms with van der Waals surface area (Å²) in [7, 11) is 0. The first-order valence-corrected chi connectivity index (χ1v) is 17.9. The minimum Gasteiger partial charge on any atom is -0.0622 e. The molecule has 0 amide bonds. The van der Waals surface area contributed by atoms with Crippen LogP contribution in [0.2, 0.25) is 0 Å². The minimum atomic E-state index is -0.0626. The molecule has 0 saturated carbocycles. The predicted molar refractivity (Wildman–Crippen MR) is 218 cm³/mol. The zero-order valence-electron chi connectivity index (χ0n) is 28.8. The zero-order valence-corrected chi connectivity index (χ0v) is 28.8. The van der Waals surface area contributed by atoms with Crippen molar-refractivity contribution in [3.05, 3.63) is 193 Å². The van der Waals surface area contributed by atoms with E-state index < -0.39 is 0 Å². The van der Waals surface area contributed by atoms with E-state index in [4.69, 9.17) is 0 Å². The van der Waals surface area contributed by atoms with Crippen LogP contribution in [0.5, 0.6) is 0 Å². The average Bonchev–Trinajstić information content (AvgIpc) is 3.43. The molecular weight excluding hydrogens is 613 g/mol. The van der Waals surface area contributed by atoms with Crippen molar-refractivity contribution in [2.75, 3.05) is 0 Å². The first-order chi connectivity index (χ1) is 25.1. The third-order valence-corrected chi connectivity index (χ3v) is 11.3. The number of hydrogen-bond donors (Lipinski definition) is 0. The Morgan fingerprint density at radius 3 is 1.39 bits per heavy atom. The fraction of sp³-hybridized carbons (Fsp3) is 0.0588. The smallest absolute Gasteiger partial charge is 0.0165 e. The summed E-state index contributed by atoms with van der Waals surface area (Å²) in [6.45, 7) is 4.74. The highest BCUT2D eigenvalue weighted by molar-refractivity contribution is 6.24. The van der Waals surface area contributed by atoms with Crippen LogP contribution in [0.3, 0.4) is 0 Å². The van der Waals surface area contributed by atoms with Crippen LogP contribution in [0.4, 0.5) is 0 Å². The second-order valence-corrected chi connectivity index (χ2v) is 14.4. The summed E-state index contributed by atoms with van der Waals surface area (Å²) in [6.07, 6.45) is 0. The van der Waals surface area contributed by atoms with Crippen molar-refractivity contribution < 1.29 is 0 Å². The van der Waals surface area contributed by atoms with Crippen molar-refractivity contribution in [3.63, 3.8) is 0 Å². The Morgan fingerprint density at radius 2 is 0.725 bits per heavy atom. The van der Waals surface area contributed by atoms with E-state index in [9.17, 15) is 0 Å². The highest BCUT2D eigenvalue weighted by Gasteiger charge is 2.37. The zero-order chi connectivity index (χ0) is 34.1. The molecule has 0 atom stereocenters. The molecule has 9 aromatic carbocycles. The molecule has 0 N–H and O–H groups in total. The highest BCUT2D eigenvalue weighted by atomic mass is 14.4. The summed E-state index contributed by atoms with van der Waals surface area (Å²) in [5, 5.41) is 7.63. The molecule has 51 heavy (non-hydrogen) atoms. The van der Waals surface area contributed by atoms with E-state index in [1.807, 2.05) is 0 Å². The first kappa shape index (κ1) is 29.7. The molecule has 240 valence electrons. The topological polar surface area (TPSA) is 0 Å². The van der Waals surface area contributed by atoms with Gasteiger partial charge in [0, 0.05) is 5.41 Å². The Hall–Kier alpha value is -6.24. The van der Waals surface area contributed by atoms with Crippen LogP contribution in [-0.4, -0.2) is 0 Å². The van der Waals surface area contributed by atoms with Gasteiger partial charge in [0.25, 0.3) is 0 Å². The largest absolute Gasteiger partial charge is 0.0622 e. The summed E-state index contributed by atoms with van der Waals surface area (Å²) in [5.41, 5.74) is 15.6. The van der Waals surface area contributed by atoms with Crippen molar-refractivity contribution in [3.8, 4) is 55.6 Å². The SMILES string of the molecule is CC1(C)c2ccccc2-c2cccc(-c3ccc(-c4c5ccccc5c(-c5ccc(-c6ccccc6)c6ccccc56)c5ccccc45)cc3)c21. The highest BCUT2D eigenvalue weighted by Crippen LogP contribution is 2.52. The molecule has 10 rings (SSSR count). The van der Waals surface area contributed by atoms with Crippen LogP contribution in [-0.2, 0) is 5.41 Å². The first-order valence-electron chi connectivity index (χ1n) is 17.9. The van der Waals surface area contributed by atoms with Gasteiger partial charge in [0.2, 0.25) is 0 Å². The Bertz CT molecular complexity index is 2740. The molecule has 0 aliphatic heterocycles. The van der Waals surface area contributed by atoms with E-state index in [-0.39, 0.29) is 5.41 Å². The molecule has 0 nitrogen and oxygen atoms in total. The number of benzene rings is 9. The minimum absolute atomic E-state index is 0.0626. The lowest BCUT2D eigenvalue weighted by Crippen LogP contribution is -2.16. The van der Waals surface area contributed by atoms with Gasteiger partial charge in [-0.2, -0.15) is 0 Å². The van der Waals surface area contributed by atoms with Gasteiger partial charge < -0.3 is 0 Å². The van der Waals surface area contributed by atoms with Crippen molar-refractivity contribution in [1.82, 2.24) is 0 Å². The molecule has 1 aliphatic carbocycles. The summed E-state index contributed by atoms with van der Waals surface area (Å²) in [6, 6.07) is 67.3. The predicted octanol–water partition coefficient (Wildman–Crippen LogP) is 14.1. The molecule has 0 fully saturated rings. The number of fused-ring (bicyclic) bond motifs is 6. The molecule has 0 spiro atoms. The molecule has 0 radical (unpaired) electrons.